The van der Waals surface area contributed by atoms with Crippen LogP contribution in [0, 0.1) is 0 Å². The molecule has 0 aromatic rings. The maximum absolute atomic E-state index is 8.52. The van der Waals surface area contributed by atoms with Crippen molar-refractivity contribution in [2.75, 3.05) is 0 Å². The number of rotatable bonds is 0. The SMILES string of the molecule is CC(C)(C)O.CC(C)(C)O.[Fe]. The van der Waals surface area contributed by atoms with Crippen LogP contribution in [0.4, 0.5) is 0 Å². The van der Waals surface area contributed by atoms with Gasteiger partial charge in [-0.25, -0.2) is 0 Å². The van der Waals surface area contributed by atoms with Gasteiger partial charge in [-0.2, -0.15) is 0 Å². The molecule has 0 bridgehead atoms. The van der Waals surface area contributed by atoms with E-state index in [1.165, 1.54) is 0 Å². The van der Waals surface area contributed by atoms with Crippen molar-refractivity contribution >= 4 is 0 Å². The van der Waals surface area contributed by atoms with Crippen LogP contribution in [-0.4, -0.2) is 21.4 Å². The minimum absolute atomic E-state index is 0. The predicted molar refractivity (Wildman–Crippen MR) is 43.9 cm³/mol. The van der Waals surface area contributed by atoms with Crippen LogP contribution in [0.5, 0.6) is 0 Å². The molecule has 0 aromatic carbocycles. The summed E-state index contributed by atoms with van der Waals surface area (Å²) in [5, 5.41) is 17.0. The maximum Gasteiger partial charge on any atom is 0.0563 e. The van der Waals surface area contributed by atoms with Gasteiger partial charge in [0.1, 0.15) is 0 Å². The third-order valence-corrected chi connectivity index (χ3v) is 0. The summed E-state index contributed by atoms with van der Waals surface area (Å²) in [6, 6.07) is 0. The van der Waals surface area contributed by atoms with Gasteiger partial charge in [-0.05, 0) is 41.5 Å². The second-order valence-electron chi connectivity index (χ2n) is 4.34. The molecule has 0 aromatic heterocycles. The van der Waals surface area contributed by atoms with E-state index in [1.54, 1.807) is 41.5 Å². The van der Waals surface area contributed by atoms with E-state index in [-0.39, 0.29) is 17.1 Å². The monoisotopic (exact) mass is 204 g/mol. The predicted octanol–water partition coefficient (Wildman–Crippen LogP) is 1.55. The third-order valence-electron chi connectivity index (χ3n) is 0. The van der Waals surface area contributed by atoms with Gasteiger partial charge >= 0.3 is 0 Å². The van der Waals surface area contributed by atoms with Crippen LogP contribution in [-0.2, 0) is 17.1 Å². The van der Waals surface area contributed by atoms with Crippen molar-refractivity contribution in [3.8, 4) is 0 Å². The van der Waals surface area contributed by atoms with Crippen LogP contribution in [0.1, 0.15) is 41.5 Å². The summed E-state index contributed by atoms with van der Waals surface area (Å²) in [7, 11) is 0. The van der Waals surface area contributed by atoms with Crippen molar-refractivity contribution in [1.29, 1.82) is 0 Å². The molecule has 0 aliphatic rings. The van der Waals surface area contributed by atoms with Gasteiger partial charge in [0.05, 0.1) is 11.2 Å². The molecule has 0 saturated heterocycles. The van der Waals surface area contributed by atoms with E-state index in [9.17, 15) is 0 Å². The van der Waals surface area contributed by atoms with Crippen molar-refractivity contribution in [3.05, 3.63) is 0 Å². The Morgan fingerprint density at radius 3 is 0.636 bits per heavy atom. The van der Waals surface area contributed by atoms with Crippen molar-refractivity contribution in [2.45, 2.75) is 52.7 Å². The number of aliphatic hydroxyl groups is 2. The molecule has 0 heterocycles. The molecule has 0 aliphatic heterocycles. The first-order valence-corrected chi connectivity index (χ1v) is 3.45. The zero-order chi connectivity index (χ0) is 9.00. The van der Waals surface area contributed by atoms with E-state index in [0.717, 1.165) is 0 Å². The fourth-order valence-corrected chi connectivity index (χ4v) is 0. The molecule has 0 saturated carbocycles. The fraction of sp³-hybridized carbons (Fsp3) is 1.00. The van der Waals surface area contributed by atoms with E-state index in [4.69, 9.17) is 10.2 Å². The molecular weight excluding hydrogens is 184 g/mol. The molecule has 2 N–H and O–H groups in total. The van der Waals surface area contributed by atoms with Gasteiger partial charge < -0.3 is 10.2 Å². The van der Waals surface area contributed by atoms with Crippen LogP contribution < -0.4 is 0 Å². The Morgan fingerprint density at radius 2 is 0.636 bits per heavy atom. The molecule has 0 spiro atoms. The van der Waals surface area contributed by atoms with Gasteiger partial charge in [0.15, 0.2) is 0 Å². The zero-order valence-corrected chi connectivity index (χ0v) is 9.35. The molecule has 0 radical (unpaired) electrons. The van der Waals surface area contributed by atoms with Gasteiger partial charge in [-0.15, -0.1) is 0 Å². The first kappa shape index (κ1) is 17.5. The van der Waals surface area contributed by atoms with Crippen LogP contribution in [0.25, 0.3) is 0 Å². The van der Waals surface area contributed by atoms with Gasteiger partial charge in [-0.3, -0.25) is 0 Å². The minimum atomic E-state index is -0.500. The van der Waals surface area contributed by atoms with Crippen LogP contribution in [0.2, 0.25) is 0 Å². The summed E-state index contributed by atoms with van der Waals surface area (Å²) in [4.78, 5) is 0. The fourth-order valence-electron chi connectivity index (χ4n) is 0. The topological polar surface area (TPSA) is 40.5 Å². The Hall–Kier alpha value is 0.439. The second kappa shape index (κ2) is 6.01. The summed E-state index contributed by atoms with van der Waals surface area (Å²) < 4.78 is 0. The summed E-state index contributed by atoms with van der Waals surface area (Å²) in [6.07, 6.45) is 0. The molecule has 0 rings (SSSR count). The summed E-state index contributed by atoms with van der Waals surface area (Å²) in [5.41, 5.74) is -1.00. The minimum Gasteiger partial charge on any atom is -0.391 e. The van der Waals surface area contributed by atoms with Gasteiger partial charge in [0.25, 0.3) is 0 Å². The molecule has 0 unspecified atom stereocenters. The number of hydrogen-bond acceptors (Lipinski definition) is 2. The Bertz CT molecular complexity index is 55.1. The zero-order valence-electron chi connectivity index (χ0n) is 8.25. The summed E-state index contributed by atoms with van der Waals surface area (Å²) in [6.45, 7) is 10.5. The molecule has 3 heteroatoms. The standard InChI is InChI=1S/2C4H10O.Fe/c2*1-4(2,3)5;/h2*5H,1-3H3;. The van der Waals surface area contributed by atoms with Crippen LogP contribution >= 0.6 is 0 Å². The number of hydrogen-bond donors (Lipinski definition) is 2. The van der Waals surface area contributed by atoms with Crippen molar-refractivity contribution in [2.24, 2.45) is 0 Å². The largest absolute Gasteiger partial charge is 0.391 e. The molecule has 0 fully saturated rings. The molecule has 0 atom stereocenters. The van der Waals surface area contributed by atoms with E-state index in [1.807, 2.05) is 0 Å². The van der Waals surface area contributed by atoms with Crippen molar-refractivity contribution < 1.29 is 27.3 Å². The van der Waals surface area contributed by atoms with Gasteiger partial charge in [0.2, 0.25) is 0 Å². The van der Waals surface area contributed by atoms with Crippen LogP contribution in [0.15, 0.2) is 0 Å². The molecule has 0 amide bonds. The Balaban J connectivity index is -0.000000107. The van der Waals surface area contributed by atoms with Gasteiger partial charge in [-0.1, -0.05) is 0 Å². The molecular formula is C8H20FeO2. The normalized spacial score (nSPS) is 10.9. The second-order valence-corrected chi connectivity index (χ2v) is 4.34. The smallest absolute Gasteiger partial charge is 0.0563 e. The van der Waals surface area contributed by atoms with Crippen LogP contribution in [0.3, 0.4) is 0 Å². The Labute approximate surface area is 80.5 Å². The molecule has 72 valence electrons. The quantitative estimate of drug-likeness (QED) is 0.587. The maximum atomic E-state index is 8.52. The van der Waals surface area contributed by atoms with Crippen molar-refractivity contribution in [3.63, 3.8) is 0 Å². The summed E-state index contributed by atoms with van der Waals surface area (Å²) in [5.74, 6) is 0. The Morgan fingerprint density at radius 1 is 0.636 bits per heavy atom. The molecule has 2 nitrogen and oxygen atoms in total. The molecule has 0 aliphatic carbocycles. The Kier molecular flexibility index (Phi) is 9.57. The van der Waals surface area contributed by atoms with E-state index in [0.29, 0.717) is 0 Å². The first-order valence-electron chi connectivity index (χ1n) is 3.45. The average molecular weight is 204 g/mol. The van der Waals surface area contributed by atoms with E-state index < -0.39 is 11.2 Å². The van der Waals surface area contributed by atoms with Crippen molar-refractivity contribution in [1.82, 2.24) is 0 Å². The first-order chi connectivity index (χ1) is 4.00. The summed E-state index contributed by atoms with van der Waals surface area (Å²) >= 11 is 0. The molecule has 11 heavy (non-hydrogen) atoms. The van der Waals surface area contributed by atoms with E-state index >= 15 is 0 Å². The average Bonchev–Trinajstić information content (AvgIpc) is 1.12. The van der Waals surface area contributed by atoms with E-state index in [2.05, 4.69) is 0 Å². The third kappa shape index (κ3) is 3850. The van der Waals surface area contributed by atoms with Gasteiger partial charge in [0, 0.05) is 17.1 Å².